The molecule has 1 aromatic rings. The molecule has 0 radical (unpaired) electrons. The third kappa shape index (κ3) is 5.06. The number of carbonyl (C=O) groups is 1. The third-order valence-corrected chi connectivity index (χ3v) is 13.1. The summed E-state index contributed by atoms with van der Waals surface area (Å²) in [5.41, 5.74) is 2.21. The van der Waals surface area contributed by atoms with E-state index in [0.29, 0.717) is 41.4 Å². The van der Waals surface area contributed by atoms with Crippen LogP contribution in [0.5, 0.6) is 0 Å². The topological polar surface area (TPSA) is 84.8 Å². The van der Waals surface area contributed by atoms with Crippen molar-refractivity contribution in [3.8, 4) is 0 Å². The number of nitrogens with one attached hydrogen (secondary N) is 1. The lowest BCUT2D eigenvalue weighted by Gasteiger charge is -2.61. The van der Waals surface area contributed by atoms with Crippen molar-refractivity contribution in [1.29, 1.82) is 0 Å². The van der Waals surface area contributed by atoms with Crippen LogP contribution >= 0.6 is 0 Å². The molecule has 0 saturated heterocycles. The highest BCUT2D eigenvalue weighted by Crippen LogP contribution is 2.67. The number of rotatable bonds is 7. The van der Waals surface area contributed by atoms with E-state index in [1.807, 2.05) is 19.1 Å². The Hall–Kier alpha value is -1.89. The number of nitrogens with zero attached hydrogens (tertiary/aromatic N) is 1. The molecule has 0 spiro atoms. The van der Waals surface area contributed by atoms with Gasteiger partial charge in [0, 0.05) is 17.5 Å². The number of hydrazone groups is 1. The van der Waals surface area contributed by atoms with E-state index in [9.17, 15) is 13.2 Å². The number of methoxy groups -OCH3 is 1. The number of ether oxygens (including phenoxy) is 1. The van der Waals surface area contributed by atoms with Gasteiger partial charge in [-0.05, 0) is 111 Å². The van der Waals surface area contributed by atoms with Gasteiger partial charge >= 0.3 is 5.97 Å². The first-order chi connectivity index (χ1) is 18.5. The minimum atomic E-state index is -3.76. The van der Waals surface area contributed by atoms with E-state index < -0.39 is 10.0 Å². The zero-order chi connectivity index (χ0) is 28.0. The van der Waals surface area contributed by atoms with E-state index in [2.05, 4.69) is 25.6 Å². The Balaban J connectivity index is 1.50. The number of esters is 1. The lowest BCUT2D eigenvalue weighted by Crippen LogP contribution is -2.57. The van der Waals surface area contributed by atoms with E-state index in [1.165, 1.54) is 45.6 Å². The number of carbonyl (C=O) groups excluding carboxylic acids is 1. The van der Waals surface area contributed by atoms with Gasteiger partial charge < -0.3 is 4.74 Å². The molecular formula is C32H48N2O4S. The maximum absolute atomic E-state index is 13.3. The van der Waals surface area contributed by atoms with Crippen LogP contribution in [0.4, 0.5) is 0 Å². The second-order valence-electron chi connectivity index (χ2n) is 13.6. The third-order valence-electron chi connectivity index (χ3n) is 11.9. The second kappa shape index (κ2) is 10.8. The maximum Gasteiger partial charge on any atom is 0.305 e. The van der Waals surface area contributed by atoms with Gasteiger partial charge in [0.05, 0.1) is 12.0 Å². The molecule has 4 saturated carbocycles. The number of aryl methyl sites for hydroxylation is 1. The van der Waals surface area contributed by atoms with Gasteiger partial charge in [0.15, 0.2) is 0 Å². The Morgan fingerprint density at radius 3 is 2.54 bits per heavy atom. The van der Waals surface area contributed by atoms with Crippen molar-refractivity contribution in [3.63, 3.8) is 0 Å². The number of sulfonamides is 1. The summed E-state index contributed by atoms with van der Waals surface area (Å²) < 4.78 is 31.6. The van der Waals surface area contributed by atoms with Crippen molar-refractivity contribution in [2.45, 2.75) is 103 Å². The van der Waals surface area contributed by atoms with Crippen LogP contribution in [0.15, 0.2) is 34.3 Å². The van der Waals surface area contributed by atoms with Crippen molar-refractivity contribution >= 4 is 21.7 Å². The summed E-state index contributed by atoms with van der Waals surface area (Å²) in [4.78, 5) is 14.9. The molecule has 0 heterocycles. The van der Waals surface area contributed by atoms with Gasteiger partial charge in [-0.25, -0.2) is 4.83 Å². The number of hydrogen-bond acceptors (Lipinski definition) is 5. The summed E-state index contributed by atoms with van der Waals surface area (Å²) in [5.74, 6) is 3.04. The standard InChI is InChI=1S/C32H48N2O4S/c1-21-9-13-24(14-10-21)39(36,37)34-33-29-20-28-25(15-12-23-8-6-7-19-31(23,28)3)27-17-16-26(32(27,29)4)22(2)11-18-30(35)38-5/h9-10,13-14,22-23,25-28,34H,6-8,11-12,15-20H2,1-5H3/t22-,23+,25+,26-,27+,28+,31+,32-/m1/s1. The first-order valence-electron chi connectivity index (χ1n) is 15.2. The van der Waals surface area contributed by atoms with Crippen molar-refractivity contribution in [2.75, 3.05) is 7.11 Å². The Labute approximate surface area is 235 Å². The van der Waals surface area contributed by atoms with Crippen molar-refractivity contribution in [1.82, 2.24) is 4.83 Å². The molecule has 4 aliphatic carbocycles. The van der Waals surface area contributed by atoms with Crippen molar-refractivity contribution in [3.05, 3.63) is 29.8 Å². The molecule has 7 heteroatoms. The summed E-state index contributed by atoms with van der Waals surface area (Å²) in [7, 11) is -2.31. The van der Waals surface area contributed by atoms with Crippen molar-refractivity contribution < 1.29 is 17.9 Å². The van der Waals surface area contributed by atoms with Crippen LogP contribution in [-0.2, 0) is 19.6 Å². The Bertz CT molecular complexity index is 1200. The van der Waals surface area contributed by atoms with Gasteiger partial charge in [-0.1, -0.05) is 51.3 Å². The average Bonchev–Trinajstić information content (AvgIpc) is 3.28. The highest BCUT2D eigenvalue weighted by molar-refractivity contribution is 7.89. The Morgan fingerprint density at radius 2 is 1.82 bits per heavy atom. The second-order valence-corrected chi connectivity index (χ2v) is 15.3. The highest BCUT2D eigenvalue weighted by Gasteiger charge is 2.62. The highest BCUT2D eigenvalue weighted by atomic mass is 32.2. The molecular weight excluding hydrogens is 508 g/mol. The number of hydrogen-bond donors (Lipinski definition) is 1. The van der Waals surface area contributed by atoms with E-state index >= 15 is 0 Å². The predicted octanol–water partition coefficient (Wildman–Crippen LogP) is 6.88. The molecule has 216 valence electrons. The van der Waals surface area contributed by atoms with Crippen LogP contribution in [-0.4, -0.2) is 27.2 Å². The predicted molar refractivity (Wildman–Crippen MR) is 155 cm³/mol. The molecule has 1 aromatic carbocycles. The van der Waals surface area contributed by atoms with Crippen LogP contribution in [0.2, 0.25) is 0 Å². The Morgan fingerprint density at radius 1 is 1.08 bits per heavy atom. The Kier molecular flexibility index (Phi) is 7.95. The summed E-state index contributed by atoms with van der Waals surface area (Å²) in [6.07, 6.45) is 12.2. The fourth-order valence-corrected chi connectivity index (χ4v) is 10.5. The first kappa shape index (κ1) is 28.6. The average molecular weight is 557 g/mol. The van der Waals surface area contributed by atoms with Crippen LogP contribution in [0.25, 0.3) is 0 Å². The lowest BCUT2D eigenvalue weighted by atomic mass is 9.44. The van der Waals surface area contributed by atoms with Gasteiger partial charge in [0.1, 0.15) is 0 Å². The zero-order valence-electron chi connectivity index (χ0n) is 24.5. The van der Waals surface area contributed by atoms with Gasteiger partial charge in [0.25, 0.3) is 10.0 Å². The smallest absolute Gasteiger partial charge is 0.305 e. The maximum atomic E-state index is 13.3. The largest absolute Gasteiger partial charge is 0.469 e. The molecule has 0 unspecified atom stereocenters. The number of fused-ring (bicyclic) bond motifs is 5. The summed E-state index contributed by atoms with van der Waals surface area (Å²) in [6.45, 7) is 9.12. The quantitative estimate of drug-likeness (QED) is 0.293. The van der Waals surface area contributed by atoms with Crippen LogP contribution in [0.3, 0.4) is 0 Å². The summed E-state index contributed by atoms with van der Waals surface area (Å²) in [5, 5.41) is 4.86. The molecule has 1 N–H and O–H groups in total. The fourth-order valence-electron chi connectivity index (χ4n) is 9.67. The molecule has 6 nitrogen and oxygen atoms in total. The summed E-state index contributed by atoms with van der Waals surface area (Å²) in [6, 6.07) is 6.96. The molecule has 8 atom stereocenters. The van der Waals surface area contributed by atoms with E-state index in [1.54, 1.807) is 12.1 Å². The summed E-state index contributed by atoms with van der Waals surface area (Å²) >= 11 is 0. The van der Waals surface area contributed by atoms with E-state index in [4.69, 9.17) is 9.84 Å². The van der Waals surface area contributed by atoms with Gasteiger partial charge in [-0.3, -0.25) is 4.79 Å². The van der Waals surface area contributed by atoms with E-state index in [-0.39, 0.29) is 16.3 Å². The van der Waals surface area contributed by atoms with Gasteiger partial charge in [0.2, 0.25) is 0 Å². The van der Waals surface area contributed by atoms with Crippen LogP contribution < -0.4 is 4.83 Å². The molecule has 5 rings (SSSR count). The normalized spacial score (nSPS) is 37.9. The molecule has 39 heavy (non-hydrogen) atoms. The minimum absolute atomic E-state index is 0.159. The molecule has 0 amide bonds. The van der Waals surface area contributed by atoms with Crippen molar-refractivity contribution in [2.24, 2.45) is 51.4 Å². The fraction of sp³-hybridized carbons (Fsp3) is 0.750. The zero-order valence-corrected chi connectivity index (χ0v) is 25.4. The molecule has 4 fully saturated rings. The first-order valence-corrected chi connectivity index (χ1v) is 16.7. The SMILES string of the molecule is COC(=O)CC[C@@H](C)[C@H]1CC[C@H]2[C@@H]3CC[C@@H]4CCCC[C@]4(C)[C@H]3CC(=NNS(=O)(=O)c3ccc(C)cc3)[C@]12C. The van der Waals surface area contributed by atoms with Crippen LogP contribution in [0, 0.1) is 53.3 Å². The van der Waals surface area contributed by atoms with E-state index in [0.717, 1.165) is 42.9 Å². The van der Waals surface area contributed by atoms with Gasteiger partial charge in [-0.15, -0.1) is 0 Å². The molecule has 4 aliphatic rings. The van der Waals surface area contributed by atoms with Gasteiger partial charge in [-0.2, -0.15) is 13.5 Å². The monoisotopic (exact) mass is 556 g/mol. The number of benzene rings is 1. The lowest BCUT2D eigenvalue weighted by molar-refractivity contribution is -0.141. The minimum Gasteiger partial charge on any atom is -0.469 e. The molecule has 0 aliphatic heterocycles. The van der Waals surface area contributed by atoms with Crippen LogP contribution in [0.1, 0.15) is 97.0 Å². The molecule has 0 aromatic heterocycles. The molecule has 0 bridgehead atoms.